The van der Waals surface area contributed by atoms with Crippen LogP contribution in [0.3, 0.4) is 0 Å². The van der Waals surface area contributed by atoms with Crippen molar-refractivity contribution in [3.05, 3.63) is 129 Å². The van der Waals surface area contributed by atoms with Crippen LogP contribution in [0.1, 0.15) is 105 Å². The first-order valence-corrected chi connectivity index (χ1v) is 25.2. The number of methoxy groups -OCH3 is 3. The SMILES string of the molecule is CCOc1ccc([C@H]2O[C@H](CC(=O)O)C(=O)N(CC(C)(C)C)c3ccc(Cl)cc32)c(OC)c1.COc1cccc([C@H]2O[C@H](CC(=O)NCCc3occc3C(=O)O)C(=O)N(CC(C)(C)CO)c3ccc(Cl)cc32)c1OC. The Morgan fingerprint density at radius 1 is 0.711 bits per heavy atom. The van der Waals surface area contributed by atoms with E-state index in [2.05, 4.69) is 5.32 Å². The average molecular weight is 1090 g/mol. The van der Waals surface area contributed by atoms with Crippen LogP contribution in [0.25, 0.3) is 0 Å². The molecule has 7 rings (SSSR count). The highest BCUT2D eigenvalue weighted by atomic mass is 35.5. The molecule has 4 atom stereocenters. The normalized spacial score (nSPS) is 17.5. The molecule has 4 N–H and O–H groups in total. The smallest absolute Gasteiger partial charge is 0.339 e. The van der Waals surface area contributed by atoms with Crippen molar-refractivity contribution < 1.29 is 72.1 Å². The summed E-state index contributed by atoms with van der Waals surface area (Å²) in [4.78, 5) is 66.9. The van der Waals surface area contributed by atoms with Crippen molar-refractivity contribution in [2.75, 3.05) is 64.0 Å². The van der Waals surface area contributed by atoms with E-state index in [-0.39, 0.29) is 49.3 Å². The molecule has 0 unspecified atom stereocenters. The van der Waals surface area contributed by atoms with Crippen LogP contribution in [0.15, 0.2) is 89.5 Å². The van der Waals surface area contributed by atoms with Gasteiger partial charge in [0.15, 0.2) is 11.5 Å². The van der Waals surface area contributed by atoms with Gasteiger partial charge in [0.05, 0.1) is 47.0 Å². The number of amides is 3. The predicted octanol–water partition coefficient (Wildman–Crippen LogP) is 9.33. The maximum atomic E-state index is 14.1. The molecule has 3 heterocycles. The topological polar surface area (TPSA) is 233 Å². The second kappa shape index (κ2) is 25.3. The van der Waals surface area contributed by atoms with Crippen molar-refractivity contribution in [1.82, 2.24) is 5.32 Å². The van der Waals surface area contributed by atoms with Gasteiger partial charge in [-0.2, -0.15) is 0 Å². The van der Waals surface area contributed by atoms with Crippen LogP contribution in [0.2, 0.25) is 10.0 Å². The molecule has 0 bridgehead atoms. The fraction of sp³-hybridized carbons (Fsp3) is 0.411. The molecule has 1 aromatic heterocycles. The van der Waals surface area contributed by atoms with Gasteiger partial charge in [-0.3, -0.25) is 19.2 Å². The first-order chi connectivity index (χ1) is 36.0. The van der Waals surface area contributed by atoms with Gasteiger partial charge >= 0.3 is 11.9 Å². The number of aliphatic carboxylic acids is 1. The number of aromatic carboxylic acids is 1. The number of benzene rings is 4. The lowest BCUT2D eigenvalue weighted by Crippen LogP contribution is -2.46. The Morgan fingerprint density at radius 3 is 1.84 bits per heavy atom. The summed E-state index contributed by atoms with van der Waals surface area (Å²) in [6.07, 6.45) is -3.45. The molecule has 0 fully saturated rings. The lowest BCUT2D eigenvalue weighted by molar-refractivity contribution is -0.147. The highest BCUT2D eigenvalue weighted by molar-refractivity contribution is 6.31. The predicted molar refractivity (Wildman–Crippen MR) is 284 cm³/mol. The number of aliphatic hydroxyl groups excluding tert-OH is 1. The van der Waals surface area contributed by atoms with E-state index in [1.54, 1.807) is 77.7 Å². The van der Waals surface area contributed by atoms with E-state index in [0.29, 0.717) is 79.8 Å². The van der Waals surface area contributed by atoms with E-state index >= 15 is 0 Å². The molecule has 0 aliphatic carbocycles. The number of para-hydroxylation sites is 1. The first-order valence-electron chi connectivity index (χ1n) is 24.5. The van der Waals surface area contributed by atoms with E-state index in [1.165, 1.54) is 38.6 Å². The lowest BCUT2D eigenvalue weighted by atomic mass is 9.92. The molecule has 5 aromatic rings. The second-order valence-electron chi connectivity index (χ2n) is 20.0. The number of fused-ring (bicyclic) bond motifs is 2. The minimum Gasteiger partial charge on any atom is -0.496 e. The molecule has 0 radical (unpaired) electrons. The quantitative estimate of drug-likeness (QED) is 0.0603. The van der Waals surface area contributed by atoms with Crippen LogP contribution in [0.5, 0.6) is 23.0 Å². The number of carboxylic acids is 2. The third kappa shape index (κ3) is 14.1. The number of hydrogen-bond acceptors (Lipinski definition) is 13. The number of anilines is 2. The molecule has 3 amide bonds. The van der Waals surface area contributed by atoms with Gasteiger partial charge in [-0.1, -0.05) is 70.0 Å². The minimum atomic E-state index is -1.24. The first kappa shape index (κ1) is 58.4. The Kier molecular flexibility index (Phi) is 19.5. The minimum absolute atomic E-state index is 0.0187. The van der Waals surface area contributed by atoms with Gasteiger partial charge in [-0.05, 0) is 73.0 Å². The van der Waals surface area contributed by atoms with Gasteiger partial charge in [0, 0.05) is 87.8 Å². The Morgan fingerprint density at radius 2 is 1.30 bits per heavy atom. The van der Waals surface area contributed by atoms with Crippen LogP contribution in [0, 0.1) is 10.8 Å². The molecule has 76 heavy (non-hydrogen) atoms. The number of ether oxygens (including phenoxy) is 6. The molecule has 18 nitrogen and oxygen atoms in total. The van der Waals surface area contributed by atoms with Gasteiger partial charge < -0.3 is 63.3 Å². The largest absolute Gasteiger partial charge is 0.496 e. The number of carboxylic acid groups (broad SMARTS) is 2. The molecule has 408 valence electrons. The van der Waals surface area contributed by atoms with Crippen LogP contribution >= 0.6 is 23.2 Å². The van der Waals surface area contributed by atoms with Gasteiger partial charge in [-0.25, -0.2) is 4.79 Å². The van der Waals surface area contributed by atoms with Crippen LogP contribution in [0.4, 0.5) is 11.4 Å². The average Bonchev–Trinajstić information content (AvgIpc) is 3.79. The summed E-state index contributed by atoms with van der Waals surface area (Å²) in [7, 11) is 4.55. The number of halogens is 2. The maximum Gasteiger partial charge on any atom is 0.339 e. The van der Waals surface area contributed by atoms with E-state index in [1.807, 2.05) is 41.5 Å². The van der Waals surface area contributed by atoms with E-state index in [4.69, 9.17) is 56.0 Å². The van der Waals surface area contributed by atoms with Crippen molar-refractivity contribution >= 4 is 64.2 Å². The second-order valence-corrected chi connectivity index (χ2v) is 20.9. The highest BCUT2D eigenvalue weighted by Crippen LogP contribution is 2.47. The van der Waals surface area contributed by atoms with Gasteiger partial charge in [0.2, 0.25) is 5.91 Å². The van der Waals surface area contributed by atoms with Crippen molar-refractivity contribution in [2.24, 2.45) is 10.8 Å². The number of aliphatic hydroxyl groups is 1. The number of rotatable bonds is 19. The number of carbonyl (C=O) groups is 5. The number of nitrogens with zero attached hydrogens (tertiary/aromatic N) is 2. The number of furan rings is 1. The van der Waals surface area contributed by atoms with Gasteiger partial charge in [0.1, 0.15) is 47.2 Å². The Bertz CT molecular complexity index is 2900. The molecule has 20 heteroatoms. The fourth-order valence-corrected chi connectivity index (χ4v) is 9.25. The molecule has 4 aromatic carbocycles. The molecule has 0 spiro atoms. The fourth-order valence-electron chi connectivity index (χ4n) is 8.89. The zero-order chi connectivity index (χ0) is 55.6. The zero-order valence-corrected chi connectivity index (χ0v) is 45.5. The monoisotopic (exact) mass is 1090 g/mol. The van der Waals surface area contributed by atoms with Crippen LogP contribution in [-0.2, 0) is 35.1 Å². The number of carbonyl (C=O) groups excluding carboxylic acids is 3. The molecule has 2 aliphatic heterocycles. The molecular weight excluding hydrogens is 1030 g/mol. The summed E-state index contributed by atoms with van der Waals surface area (Å²) < 4.78 is 40.4. The van der Waals surface area contributed by atoms with Gasteiger partial charge in [-0.15, -0.1) is 0 Å². The van der Waals surface area contributed by atoms with Crippen LogP contribution < -0.4 is 34.1 Å². The number of nitrogens with one attached hydrogen (secondary N) is 1. The summed E-state index contributed by atoms with van der Waals surface area (Å²) in [5, 5.41) is 32.4. The Balaban J connectivity index is 0.000000255. The van der Waals surface area contributed by atoms with Crippen molar-refractivity contribution in [3.8, 4) is 23.0 Å². The Labute approximate surface area is 451 Å². The van der Waals surface area contributed by atoms with E-state index < -0.39 is 65.9 Å². The number of hydrogen-bond donors (Lipinski definition) is 4. The summed E-state index contributed by atoms with van der Waals surface area (Å²) in [5.41, 5.74) is 2.69. The van der Waals surface area contributed by atoms with E-state index in [9.17, 15) is 39.3 Å². The zero-order valence-electron chi connectivity index (χ0n) is 43.9. The maximum absolute atomic E-state index is 14.1. The molecular formula is C56H65Cl2N3O15. The standard InChI is InChI=1S/C31H35ClN2O9.C25H30ClNO6/c1-31(2,17-35)16-34-22-9-8-18(32)14-21(22)27(20-6-5-7-24(40-3)28(20)41-4)43-25(29(34)37)15-26(36)33-12-10-23-19(30(38)39)11-13-42-23;1-6-32-16-8-9-17(20(12-16)31-5)23-18-11-15(26)7-10-19(18)27(14-25(2,3)4)24(30)21(33-23)13-22(28)29/h5-9,11,13-14,25,27,35H,10,12,15-17H2,1-4H3,(H,33,36)(H,38,39);7-12,21,23H,6,13-14H2,1-5H3,(H,28,29)/t25-,27-;21-,23-/m11/s1. The van der Waals surface area contributed by atoms with Crippen molar-refractivity contribution in [3.63, 3.8) is 0 Å². The highest BCUT2D eigenvalue weighted by Gasteiger charge is 2.42. The van der Waals surface area contributed by atoms with Gasteiger partial charge in [0.25, 0.3) is 11.8 Å². The van der Waals surface area contributed by atoms with Crippen LogP contribution in [-0.4, -0.2) is 111 Å². The summed E-state index contributed by atoms with van der Waals surface area (Å²) in [6.45, 7) is 12.5. The Hall–Kier alpha value is -6.83. The summed E-state index contributed by atoms with van der Waals surface area (Å²) >= 11 is 12.8. The summed E-state index contributed by atoms with van der Waals surface area (Å²) in [6, 6.07) is 22.3. The van der Waals surface area contributed by atoms with Crippen molar-refractivity contribution in [2.45, 2.75) is 85.2 Å². The molecule has 0 saturated carbocycles. The molecule has 0 saturated heterocycles. The van der Waals surface area contributed by atoms with Crippen molar-refractivity contribution in [1.29, 1.82) is 0 Å². The summed E-state index contributed by atoms with van der Waals surface area (Å²) in [5.74, 6) is -1.39. The molecule has 2 aliphatic rings. The van der Waals surface area contributed by atoms with E-state index in [0.717, 1.165) is 0 Å². The third-order valence-corrected chi connectivity index (χ3v) is 12.8. The lowest BCUT2D eigenvalue weighted by Gasteiger charge is -2.32. The third-order valence-electron chi connectivity index (χ3n) is 12.4.